The predicted molar refractivity (Wildman–Crippen MR) is 132 cm³/mol. The number of nitrogens with one attached hydrogen (secondary N) is 1. The topological polar surface area (TPSA) is 88.1 Å². The van der Waals surface area contributed by atoms with Crippen molar-refractivity contribution < 1.29 is 9.53 Å². The van der Waals surface area contributed by atoms with Crippen molar-refractivity contribution >= 4 is 11.5 Å². The molecule has 9 nitrogen and oxygen atoms in total. The first kappa shape index (κ1) is 21.3. The van der Waals surface area contributed by atoms with Gasteiger partial charge in [-0.1, -0.05) is 47.3 Å². The average molecular weight is 468 g/mol. The average Bonchev–Trinajstić information content (AvgIpc) is 3.54. The molecule has 0 amide bonds. The van der Waals surface area contributed by atoms with E-state index in [0.29, 0.717) is 12.4 Å². The Morgan fingerprint density at radius 1 is 0.943 bits per heavy atom. The number of benzene rings is 2. The molecule has 0 bridgehead atoms. The maximum absolute atomic E-state index is 5.99. The van der Waals surface area contributed by atoms with Crippen molar-refractivity contribution in [2.24, 2.45) is 7.05 Å². The quantitative estimate of drug-likeness (QED) is 0.384. The highest BCUT2D eigenvalue weighted by atomic mass is 16.5. The third-order valence-corrected chi connectivity index (χ3v) is 6.36. The molecule has 5 aromatic rings. The summed E-state index contributed by atoms with van der Waals surface area (Å²) < 4.78 is 7.93. The molecular formula is C26H27N8O+. The maximum Gasteiger partial charge on any atom is 0.344 e. The van der Waals surface area contributed by atoms with Gasteiger partial charge in [-0.3, -0.25) is 0 Å². The highest BCUT2D eigenvalue weighted by molar-refractivity contribution is 5.81. The number of fused-ring (bicyclic) bond motifs is 1. The molecule has 1 aliphatic heterocycles. The van der Waals surface area contributed by atoms with E-state index in [2.05, 4.69) is 44.6 Å². The van der Waals surface area contributed by atoms with Crippen LogP contribution in [0, 0.1) is 0 Å². The van der Waals surface area contributed by atoms with Gasteiger partial charge in [-0.15, -0.1) is 0 Å². The number of anilines is 1. The number of nitrogens with zero attached hydrogens (tertiary/aromatic N) is 7. The Kier molecular flexibility index (Phi) is 5.57. The second kappa shape index (κ2) is 9.17. The van der Waals surface area contributed by atoms with Gasteiger partial charge < -0.3 is 9.64 Å². The first-order chi connectivity index (χ1) is 17.3. The molecule has 35 heavy (non-hydrogen) atoms. The summed E-state index contributed by atoms with van der Waals surface area (Å²) in [6, 6.07) is 18.4. The number of tetrazole rings is 1. The molecule has 0 aliphatic carbocycles. The van der Waals surface area contributed by atoms with Gasteiger partial charge in [0.15, 0.2) is 5.65 Å². The van der Waals surface area contributed by atoms with Crippen molar-refractivity contribution in [1.82, 2.24) is 30.0 Å². The van der Waals surface area contributed by atoms with E-state index in [1.165, 1.54) is 19.3 Å². The number of aromatic amines is 1. The summed E-state index contributed by atoms with van der Waals surface area (Å²) in [5, 5.41) is 16.3. The zero-order chi connectivity index (χ0) is 23.6. The molecule has 176 valence electrons. The number of hydrogen-bond donors (Lipinski definition) is 1. The van der Waals surface area contributed by atoms with E-state index in [1.807, 2.05) is 41.0 Å². The van der Waals surface area contributed by atoms with Gasteiger partial charge in [-0.2, -0.15) is 9.61 Å². The number of piperidine rings is 1. The molecule has 6 rings (SSSR count). The summed E-state index contributed by atoms with van der Waals surface area (Å²) in [4.78, 5) is 8.78. The van der Waals surface area contributed by atoms with Gasteiger partial charge in [0.05, 0.1) is 11.3 Å². The van der Waals surface area contributed by atoms with E-state index < -0.39 is 0 Å². The van der Waals surface area contributed by atoms with Gasteiger partial charge in [-0.25, -0.2) is 4.98 Å². The molecule has 0 atom stereocenters. The molecular weight excluding hydrogens is 440 g/mol. The molecule has 0 saturated carbocycles. The molecule has 1 saturated heterocycles. The first-order valence-corrected chi connectivity index (χ1v) is 11.9. The number of hydrogen-bond acceptors (Lipinski definition) is 6. The Labute approximate surface area is 203 Å². The minimum absolute atomic E-state index is 0.543. The van der Waals surface area contributed by atoms with Crippen LogP contribution >= 0.6 is 0 Å². The minimum Gasteiger partial charge on any atom is -0.489 e. The summed E-state index contributed by atoms with van der Waals surface area (Å²) in [6.45, 7) is 2.53. The second-order valence-electron chi connectivity index (χ2n) is 8.79. The van der Waals surface area contributed by atoms with Crippen LogP contribution < -0.4 is 14.4 Å². The first-order valence-electron chi connectivity index (χ1n) is 11.9. The number of ether oxygens (including phenoxy) is 1. The fourth-order valence-corrected chi connectivity index (χ4v) is 4.58. The van der Waals surface area contributed by atoms with Gasteiger partial charge in [0.25, 0.3) is 0 Å². The standard InChI is InChI=1S/C26H26N8O/c1-32-30-24(29-31-32)23-17-28-34-25(23)27-16-22(26(34)33-14-6-3-7-15-33)20-10-12-21(13-11-20)35-18-19-8-4-2-5-9-19/h2,4-5,8-13,16-17H,3,6-7,14-15,18H2,1H3/p+1. The van der Waals surface area contributed by atoms with Gasteiger partial charge in [-0.05, 0) is 52.8 Å². The van der Waals surface area contributed by atoms with Crippen LogP contribution in [0.3, 0.4) is 0 Å². The van der Waals surface area contributed by atoms with E-state index in [4.69, 9.17) is 14.8 Å². The monoisotopic (exact) mass is 467 g/mol. The van der Waals surface area contributed by atoms with Crippen LogP contribution in [0.15, 0.2) is 67.0 Å². The number of rotatable bonds is 6. The molecule has 1 aliphatic rings. The highest BCUT2D eigenvalue weighted by Crippen LogP contribution is 2.35. The minimum atomic E-state index is 0.543. The van der Waals surface area contributed by atoms with Gasteiger partial charge in [0.2, 0.25) is 0 Å². The fraction of sp³-hybridized carbons (Fsp3) is 0.269. The zero-order valence-corrected chi connectivity index (χ0v) is 19.6. The Morgan fingerprint density at radius 3 is 2.49 bits per heavy atom. The maximum atomic E-state index is 5.99. The van der Waals surface area contributed by atoms with Crippen molar-refractivity contribution in [3.8, 4) is 28.3 Å². The summed E-state index contributed by atoms with van der Waals surface area (Å²) in [7, 11) is 1.81. The van der Waals surface area contributed by atoms with Crippen molar-refractivity contribution in [3.63, 3.8) is 0 Å². The number of H-pyrrole nitrogens is 1. The van der Waals surface area contributed by atoms with Crippen LogP contribution in [0.1, 0.15) is 24.8 Å². The molecule has 0 radical (unpaired) electrons. The zero-order valence-electron chi connectivity index (χ0n) is 19.6. The second-order valence-corrected chi connectivity index (χ2v) is 8.79. The molecule has 1 N–H and O–H groups in total. The van der Waals surface area contributed by atoms with E-state index in [-0.39, 0.29) is 0 Å². The van der Waals surface area contributed by atoms with E-state index in [9.17, 15) is 0 Å². The Balaban J connectivity index is 1.36. The fourth-order valence-electron chi connectivity index (χ4n) is 4.58. The lowest BCUT2D eigenvalue weighted by molar-refractivity contribution is -0.783. The smallest absolute Gasteiger partial charge is 0.344 e. The summed E-state index contributed by atoms with van der Waals surface area (Å²) >= 11 is 0. The SMILES string of the molecule is C[n+]1nc(-c2cnn3c(N4CCCCC4)c(-c4ccc(OCc5ccccc5)cc4)cnc23)n[nH]1. The number of aryl methyl sites for hydroxylation is 1. The molecule has 9 heteroatoms. The summed E-state index contributed by atoms with van der Waals surface area (Å²) in [5.74, 6) is 2.47. The van der Waals surface area contributed by atoms with Gasteiger partial charge in [0.1, 0.15) is 30.8 Å². The van der Waals surface area contributed by atoms with Crippen molar-refractivity contribution in [2.75, 3.05) is 18.0 Å². The molecule has 0 unspecified atom stereocenters. The van der Waals surface area contributed by atoms with E-state index in [1.54, 1.807) is 18.0 Å². The third kappa shape index (κ3) is 4.21. The highest BCUT2D eigenvalue weighted by Gasteiger charge is 2.25. The molecule has 4 heterocycles. The molecule has 0 spiro atoms. The lowest BCUT2D eigenvalue weighted by Gasteiger charge is -2.30. The van der Waals surface area contributed by atoms with Crippen LogP contribution in [0.5, 0.6) is 5.75 Å². The van der Waals surface area contributed by atoms with Crippen molar-refractivity contribution in [1.29, 1.82) is 0 Å². The molecule has 1 fully saturated rings. The Morgan fingerprint density at radius 2 is 1.74 bits per heavy atom. The largest absolute Gasteiger partial charge is 0.489 e. The van der Waals surface area contributed by atoms with Gasteiger partial charge >= 0.3 is 5.82 Å². The van der Waals surface area contributed by atoms with Crippen molar-refractivity contribution in [3.05, 3.63) is 72.6 Å². The lowest BCUT2D eigenvalue weighted by Crippen LogP contribution is -2.33. The summed E-state index contributed by atoms with van der Waals surface area (Å²) in [5.41, 5.74) is 4.82. The lowest BCUT2D eigenvalue weighted by atomic mass is 10.1. The van der Waals surface area contributed by atoms with Crippen LogP contribution in [-0.2, 0) is 13.7 Å². The Hall–Kier alpha value is -4.27. The van der Waals surface area contributed by atoms with Crippen LogP contribution in [0.25, 0.3) is 28.2 Å². The van der Waals surface area contributed by atoms with E-state index in [0.717, 1.165) is 52.6 Å². The van der Waals surface area contributed by atoms with E-state index >= 15 is 0 Å². The predicted octanol–water partition coefficient (Wildman–Crippen LogP) is 3.58. The Bertz CT molecular complexity index is 1440. The molecule has 3 aromatic heterocycles. The molecule has 2 aromatic carbocycles. The van der Waals surface area contributed by atoms with Crippen LogP contribution in [-0.4, -0.2) is 43.1 Å². The van der Waals surface area contributed by atoms with Crippen LogP contribution in [0.4, 0.5) is 5.82 Å². The van der Waals surface area contributed by atoms with Gasteiger partial charge in [0, 0.05) is 24.8 Å². The number of aromatic nitrogens is 7. The third-order valence-electron chi connectivity index (χ3n) is 6.36. The van der Waals surface area contributed by atoms with Crippen molar-refractivity contribution in [2.45, 2.75) is 25.9 Å². The normalized spacial score (nSPS) is 13.9. The van der Waals surface area contributed by atoms with Crippen LogP contribution in [0.2, 0.25) is 0 Å². The summed E-state index contributed by atoms with van der Waals surface area (Å²) in [6.07, 6.45) is 7.33.